The average molecular weight is 289 g/mol. The quantitative estimate of drug-likeness (QED) is 0.939. The summed E-state index contributed by atoms with van der Waals surface area (Å²) in [6.07, 6.45) is 4.23. The van der Waals surface area contributed by atoms with Gasteiger partial charge in [0.15, 0.2) is 5.76 Å². The molecule has 1 fully saturated rings. The van der Waals surface area contributed by atoms with Crippen LogP contribution in [0.15, 0.2) is 33.4 Å². The van der Waals surface area contributed by atoms with Crippen molar-refractivity contribution in [1.82, 2.24) is 15.4 Å². The summed E-state index contributed by atoms with van der Waals surface area (Å²) in [6, 6.07) is 5.59. The van der Waals surface area contributed by atoms with Crippen LogP contribution in [0.4, 0.5) is 4.79 Å². The Hall–Kier alpha value is -2.24. The number of likely N-dealkylation sites (tertiary alicyclic amines) is 1. The van der Waals surface area contributed by atoms with E-state index in [0.717, 1.165) is 36.6 Å². The van der Waals surface area contributed by atoms with Gasteiger partial charge in [0.25, 0.3) is 0 Å². The average Bonchev–Trinajstić information content (AvgIpc) is 3.18. The third kappa shape index (κ3) is 3.09. The molecule has 6 nitrogen and oxygen atoms in total. The molecule has 112 valence electrons. The molecule has 1 N–H and O–H groups in total. The van der Waals surface area contributed by atoms with Gasteiger partial charge in [-0.15, -0.1) is 0 Å². The van der Waals surface area contributed by atoms with E-state index in [2.05, 4.69) is 10.5 Å². The number of aryl methyl sites for hydroxylation is 1. The molecule has 2 amide bonds. The SMILES string of the molecule is Cc1cc(C2CCCN2C(=O)NCCc2ccco2)on1. The fraction of sp³-hybridized carbons (Fsp3) is 0.467. The van der Waals surface area contributed by atoms with Gasteiger partial charge in [-0.3, -0.25) is 0 Å². The lowest BCUT2D eigenvalue weighted by atomic mass is 10.1. The van der Waals surface area contributed by atoms with Crippen LogP contribution < -0.4 is 5.32 Å². The topological polar surface area (TPSA) is 71.5 Å². The molecule has 3 rings (SSSR count). The Bertz CT molecular complexity index is 591. The summed E-state index contributed by atoms with van der Waals surface area (Å²) in [6.45, 7) is 3.19. The molecule has 0 saturated carbocycles. The Kier molecular flexibility index (Phi) is 3.94. The number of hydrogen-bond donors (Lipinski definition) is 1. The van der Waals surface area contributed by atoms with Crippen molar-refractivity contribution < 1.29 is 13.7 Å². The van der Waals surface area contributed by atoms with Crippen molar-refractivity contribution >= 4 is 6.03 Å². The van der Waals surface area contributed by atoms with Crippen molar-refractivity contribution in [3.63, 3.8) is 0 Å². The molecule has 1 saturated heterocycles. The number of urea groups is 1. The van der Waals surface area contributed by atoms with Gasteiger partial charge in [0.2, 0.25) is 0 Å². The Morgan fingerprint density at radius 1 is 1.57 bits per heavy atom. The van der Waals surface area contributed by atoms with Gasteiger partial charge >= 0.3 is 6.03 Å². The summed E-state index contributed by atoms with van der Waals surface area (Å²) < 4.78 is 10.6. The molecule has 2 aromatic heterocycles. The summed E-state index contributed by atoms with van der Waals surface area (Å²) in [5.41, 5.74) is 0.843. The Morgan fingerprint density at radius 3 is 3.19 bits per heavy atom. The molecule has 0 spiro atoms. The molecule has 0 aliphatic carbocycles. The molecule has 2 aromatic rings. The Labute approximate surface area is 123 Å². The minimum absolute atomic E-state index is 0.00480. The monoisotopic (exact) mass is 289 g/mol. The predicted octanol–water partition coefficient (Wildman–Crippen LogP) is 2.67. The zero-order chi connectivity index (χ0) is 14.7. The largest absolute Gasteiger partial charge is 0.469 e. The standard InChI is InChI=1S/C15H19N3O3/c1-11-10-14(21-17-11)13-5-2-8-18(13)15(19)16-7-6-12-4-3-9-20-12/h3-4,9-10,13H,2,5-8H2,1H3,(H,16,19). The molecular formula is C15H19N3O3. The minimum atomic E-state index is -0.0573. The van der Waals surface area contributed by atoms with Gasteiger partial charge < -0.3 is 19.2 Å². The van der Waals surface area contributed by atoms with Gasteiger partial charge in [-0.1, -0.05) is 5.16 Å². The normalized spacial score (nSPS) is 18.1. The third-order valence-electron chi connectivity index (χ3n) is 3.72. The molecule has 1 unspecified atom stereocenters. The first-order valence-corrected chi connectivity index (χ1v) is 7.24. The van der Waals surface area contributed by atoms with Crippen LogP contribution >= 0.6 is 0 Å². The van der Waals surface area contributed by atoms with Crippen LogP contribution in [-0.4, -0.2) is 29.2 Å². The molecule has 6 heteroatoms. The van der Waals surface area contributed by atoms with Gasteiger partial charge in [0.05, 0.1) is 18.0 Å². The number of nitrogens with zero attached hydrogens (tertiary/aromatic N) is 2. The maximum absolute atomic E-state index is 12.3. The van der Waals surface area contributed by atoms with Crippen molar-refractivity contribution in [2.24, 2.45) is 0 Å². The van der Waals surface area contributed by atoms with E-state index >= 15 is 0 Å². The second kappa shape index (κ2) is 6.03. The fourth-order valence-corrected chi connectivity index (χ4v) is 2.69. The first kappa shape index (κ1) is 13.7. The fourth-order valence-electron chi connectivity index (χ4n) is 2.69. The van der Waals surface area contributed by atoms with Crippen molar-refractivity contribution in [3.8, 4) is 0 Å². The van der Waals surface area contributed by atoms with E-state index < -0.39 is 0 Å². The van der Waals surface area contributed by atoms with Crippen LogP contribution in [0.5, 0.6) is 0 Å². The van der Waals surface area contributed by atoms with Gasteiger partial charge in [-0.05, 0) is 31.9 Å². The van der Waals surface area contributed by atoms with Crippen LogP contribution in [0.25, 0.3) is 0 Å². The summed E-state index contributed by atoms with van der Waals surface area (Å²) in [4.78, 5) is 14.1. The lowest BCUT2D eigenvalue weighted by Gasteiger charge is -2.22. The molecule has 0 aromatic carbocycles. The lowest BCUT2D eigenvalue weighted by Crippen LogP contribution is -2.40. The van der Waals surface area contributed by atoms with Crippen molar-refractivity contribution in [1.29, 1.82) is 0 Å². The van der Waals surface area contributed by atoms with E-state index in [9.17, 15) is 4.79 Å². The number of nitrogens with one attached hydrogen (secondary N) is 1. The van der Waals surface area contributed by atoms with E-state index in [-0.39, 0.29) is 12.1 Å². The summed E-state index contributed by atoms with van der Waals surface area (Å²) >= 11 is 0. The van der Waals surface area contributed by atoms with E-state index in [0.29, 0.717) is 13.0 Å². The molecular weight excluding hydrogens is 270 g/mol. The van der Waals surface area contributed by atoms with Gasteiger partial charge in [-0.2, -0.15) is 0 Å². The summed E-state index contributed by atoms with van der Waals surface area (Å²) in [7, 11) is 0. The minimum Gasteiger partial charge on any atom is -0.469 e. The number of carbonyl (C=O) groups excluding carboxylic acids is 1. The Balaban J connectivity index is 1.55. The predicted molar refractivity (Wildman–Crippen MR) is 75.7 cm³/mol. The third-order valence-corrected chi connectivity index (χ3v) is 3.72. The summed E-state index contributed by atoms with van der Waals surface area (Å²) in [5, 5.41) is 6.84. The van der Waals surface area contributed by atoms with Gasteiger partial charge in [0, 0.05) is 25.6 Å². The zero-order valence-corrected chi connectivity index (χ0v) is 12.0. The number of carbonyl (C=O) groups is 1. The van der Waals surface area contributed by atoms with Gasteiger partial charge in [0.1, 0.15) is 5.76 Å². The van der Waals surface area contributed by atoms with Crippen molar-refractivity contribution in [2.75, 3.05) is 13.1 Å². The first-order chi connectivity index (χ1) is 10.2. The van der Waals surface area contributed by atoms with Crippen molar-refractivity contribution in [2.45, 2.75) is 32.2 Å². The van der Waals surface area contributed by atoms with Crippen LogP contribution in [0.1, 0.15) is 36.1 Å². The molecule has 0 bridgehead atoms. The number of furan rings is 1. The first-order valence-electron chi connectivity index (χ1n) is 7.24. The summed E-state index contributed by atoms with van der Waals surface area (Å²) in [5.74, 6) is 1.64. The molecule has 1 aliphatic rings. The van der Waals surface area contributed by atoms with Crippen LogP contribution in [-0.2, 0) is 6.42 Å². The second-order valence-corrected chi connectivity index (χ2v) is 5.28. The number of rotatable bonds is 4. The zero-order valence-electron chi connectivity index (χ0n) is 12.0. The molecule has 21 heavy (non-hydrogen) atoms. The van der Waals surface area contributed by atoms with Crippen LogP contribution in [0.3, 0.4) is 0 Å². The number of amides is 2. The van der Waals surface area contributed by atoms with E-state index in [1.54, 1.807) is 6.26 Å². The highest BCUT2D eigenvalue weighted by atomic mass is 16.5. The van der Waals surface area contributed by atoms with Gasteiger partial charge in [-0.25, -0.2) is 4.79 Å². The molecule has 3 heterocycles. The molecule has 1 aliphatic heterocycles. The maximum Gasteiger partial charge on any atom is 0.318 e. The maximum atomic E-state index is 12.3. The number of hydrogen-bond acceptors (Lipinski definition) is 4. The highest BCUT2D eigenvalue weighted by Crippen LogP contribution is 2.32. The highest BCUT2D eigenvalue weighted by molar-refractivity contribution is 5.75. The van der Waals surface area contributed by atoms with E-state index in [4.69, 9.17) is 8.94 Å². The Morgan fingerprint density at radius 2 is 2.48 bits per heavy atom. The van der Waals surface area contributed by atoms with E-state index in [1.807, 2.05) is 30.0 Å². The smallest absolute Gasteiger partial charge is 0.318 e. The number of aromatic nitrogens is 1. The highest BCUT2D eigenvalue weighted by Gasteiger charge is 2.32. The lowest BCUT2D eigenvalue weighted by molar-refractivity contribution is 0.182. The van der Waals surface area contributed by atoms with Crippen LogP contribution in [0.2, 0.25) is 0 Å². The molecule has 0 radical (unpaired) electrons. The van der Waals surface area contributed by atoms with Crippen molar-refractivity contribution in [3.05, 3.63) is 41.7 Å². The second-order valence-electron chi connectivity index (χ2n) is 5.28. The van der Waals surface area contributed by atoms with Crippen LogP contribution in [0, 0.1) is 6.92 Å². The van der Waals surface area contributed by atoms with E-state index in [1.165, 1.54) is 0 Å². The molecule has 1 atom stereocenters.